The molecule has 6 heterocycles. The van der Waals surface area contributed by atoms with Crippen LogP contribution in [-0.4, -0.2) is 97.7 Å². The van der Waals surface area contributed by atoms with E-state index in [2.05, 4.69) is 20.6 Å². The molecule has 9 rings (SSSR count). The monoisotopic (exact) mass is 899 g/mol. The van der Waals surface area contributed by atoms with Gasteiger partial charge in [-0.25, -0.2) is 23.9 Å². The lowest BCUT2D eigenvalue weighted by molar-refractivity contribution is -0.136. The average Bonchev–Trinajstić information content (AvgIpc) is 4.19. The normalized spacial score (nSPS) is 18.8. The Bertz CT molecular complexity index is 2800. The summed E-state index contributed by atoms with van der Waals surface area (Å²) in [7, 11) is 2.54. The maximum atomic E-state index is 17.3. The molecular formula is C49H54FN9O7. The van der Waals surface area contributed by atoms with Crippen molar-refractivity contribution in [3.8, 4) is 39.5 Å². The molecule has 0 bridgehead atoms. The van der Waals surface area contributed by atoms with Gasteiger partial charge in [-0.15, -0.1) is 0 Å². The van der Waals surface area contributed by atoms with Crippen LogP contribution in [0.25, 0.3) is 44.7 Å². The molecule has 2 fully saturated rings. The Kier molecular flexibility index (Phi) is 12.0. The fourth-order valence-corrected chi connectivity index (χ4v) is 9.62. The molecule has 66 heavy (non-hydrogen) atoms. The quantitative estimate of drug-likeness (QED) is 0.0993. The van der Waals surface area contributed by atoms with Crippen LogP contribution >= 0.6 is 0 Å². The van der Waals surface area contributed by atoms with E-state index in [4.69, 9.17) is 24.2 Å². The minimum Gasteiger partial charge on any atom is -0.465 e. The fourth-order valence-electron chi connectivity index (χ4n) is 9.62. The van der Waals surface area contributed by atoms with Crippen molar-refractivity contribution in [1.29, 1.82) is 0 Å². The van der Waals surface area contributed by atoms with Gasteiger partial charge in [-0.3, -0.25) is 14.2 Å². The molecule has 4 N–H and O–H groups in total. The molecule has 5 atom stereocenters. The van der Waals surface area contributed by atoms with Gasteiger partial charge < -0.3 is 44.6 Å². The van der Waals surface area contributed by atoms with E-state index in [0.717, 1.165) is 29.5 Å². The number of aromatic amines is 2. The number of ether oxygens (including phenoxy) is 3. The molecule has 0 saturated carbocycles. The van der Waals surface area contributed by atoms with Gasteiger partial charge in [0.05, 0.1) is 61.3 Å². The third kappa shape index (κ3) is 8.00. The van der Waals surface area contributed by atoms with Gasteiger partial charge in [0, 0.05) is 40.7 Å². The number of alkyl carbamates (subject to hydrolysis) is 2. The number of rotatable bonds is 11. The van der Waals surface area contributed by atoms with E-state index in [1.165, 1.54) is 14.2 Å². The molecule has 3 aromatic heterocycles. The number of H-pyrrole nitrogens is 2. The van der Waals surface area contributed by atoms with E-state index < -0.39 is 36.3 Å². The Hall–Kier alpha value is -7.17. The van der Waals surface area contributed by atoms with Gasteiger partial charge in [-0.2, -0.15) is 0 Å². The first kappa shape index (κ1) is 44.1. The molecule has 0 radical (unpaired) electrons. The highest BCUT2D eigenvalue weighted by Gasteiger charge is 2.40. The van der Waals surface area contributed by atoms with E-state index in [-0.39, 0.29) is 35.7 Å². The number of hydrogen-bond acceptors (Lipinski definition) is 9. The Morgan fingerprint density at radius 3 is 1.80 bits per heavy atom. The van der Waals surface area contributed by atoms with Crippen LogP contribution in [0.2, 0.25) is 0 Å². The summed E-state index contributed by atoms with van der Waals surface area (Å²) in [6, 6.07) is 18.8. The molecule has 1 unspecified atom stereocenters. The third-order valence-corrected chi connectivity index (χ3v) is 13.0. The minimum atomic E-state index is -0.757. The van der Waals surface area contributed by atoms with Gasteiger partial charge in [0.1, 0.15) is 29.5 Å². The van der Waals surface area contributed by atoms with Crippen LogP contribution in [0.5, 0.6) is 5.75 Å². The highest BCUT2D eigenvalue weighted by molar-refractivity contribution is 5.93. The predicted molar refractivity (Wildman–Crippen MR) is 243 cm³/mol. The first-order chi connectivity index (χ1) is 31.9. The highest BCUT2D eigenvalue weighted by Crippen LogP contribution is 2.48. The van der Waals surface area contributed by atoms with Crippen LogP contribution in [-0.2, 0) is 19.1 Å². The van der Waals surface area contributed by atoms with E-state index in [9.17, 15) is 19.2 Å². The summed E-state index contributed by atoms with van der Waals surface area (Å²) in [4.78, 5) is 71.6. The Morgan fingerprint density at radius 1 is 0.742 bits per heavy atom. The predicted octanol–water partition coefficient (Wildman–Crippen LogP) is 8.26. The molecule has 6 aromatic rings. The van der Waals surface area contributed by atoms with Crippen LogP contribution in [0, 0.1) is 17.7 Å². The Morgan fingerprint density at radius 2 is 1.27 bits per heavy atom. The van der Waals surface area contributed by atoms with Crippen molar-refractivity contribution in [2.24, 2.45) is 11.8 Å². The summed E-state index contributed by atoms with van der Waals surface area (Å²) in [5.41, 5.74) is 5.33. The van der Waals surface area contributed by atoms with Crippen molar-refractivity contribution >= 4 is 34.9 Å². The number of amides is 4. The van der Waals surface area contributed by atoms with Crippen molar-refractivity contribution < 1.29 is 37.8 Å². The fraction of sp³-hybridized carbons (Fsp3) is 0.388. The number of hydrogen-bond donors (Lipinski definition) is 4. The average molecular weight is 900 g/mol. The van der Waals surface area contributed by atoms with Crippen LogP contribution in [0.3, 0.4) is 0 Å². The van der Waals surface area contributed by atoms with Gasteiger partial charge in [-0.1, -0.05) is 70.2 Å². The second-order valence-corrected chi connectivity index (χ2v) is 17.8. The number of aromatic nitrogens is 5. The van der Waals surface area contributed by atoms with Crippen LogP contribution in [0.1, 0.15) is 88.9 Å². The number of nitrogens with one attached hydrogen (secondary N) is 4. The molecule has 344 valence electrons. The molecule has 17 heteroatoms. The topological polar surface area (TPSA) is 189 Å². The van der Waals surface area contributed by atoms with E-state index in [1.54, 1.807) is 22.2 Å². The van der Waals surface area contributed by atoms with Crippen LogP contribution < -0.4 is 15.4 Å². The number of halogens is 1. The number of carbonyl (C=O) groups is 4. The summed E-state index contributed by atoms with van der Waals surface area (Å²) < 4.78 is 35.6. The van der Waals surface area contributed by atoms with E-state index in [0.29, 0.717) is 76.9 Å². The number of carbonyl (C=O) groups excluding carboxylic acids is 4. The Labute approximate surface area is 381 Å². The number of likely N-dealkylation sites (tertiary alicyclic amines) is 2. The lowest BCUT2D eigenvalue weighted by Gasteiger charge is -2.30. The molecule has 3 aromatic carbocycles. The zero-order chi connectivity index (χ0) is 46.4. The smallest absolute Gasteiger partial charge is 0.407 e. The molecule has 4 amide bonds. The first-order valence-corrected chi connectivity index (χ1v) is 22.5. The maximum absolute atomic E-state index is 17.3. The summed E-state index contributed by atoms with van der Waals surface area (Å²) in [6.07, 6.45) is 4.38. The van der Waals surface area contributed by atoms with Gasteiger partial charge in [0.15, 0.2) is 5.82 Å². The lowest BCUT2D eigenvalue weighted by Crippen LogP contribution is -2.51. The number of imidazole rings is 2. The summed E-state index contributed by atoms with van der Waals surface area (Å²) in [5.74, 6) is 0.619. The molecule has 2 saturated heterocycles. The van der Waals surface area contributed by atoms with Crippen molar-refractivity contribution in [2.75, 3.05) is 27.3 Å². The summed E-state index contributed by atoms with van der Waals surface area (Å²) >= 11 is 0. The van der Waals surface area contributed by atoms with Gasteiger partial charge >= 0.3 is 12.2 Å². The molecular weight excluding hydrogens is 846 g/mol. The largest absolute Gasteiger partial charge is 0.465 e. The molecule has 16 nitrogen and oxygen atoms in total. The van der Waals surface area contributed by atoms with E-state index in [1.807, 2.05) is 99.0 Å². The molecule has 3 aliphatic heterocycles. The number of benzene rings is 3. The third-order valence-electron chi connectivity index (χ3n) is 13.0. The van der Waals surface area contributed by atoms with Crippen molar-refractivity contribution in [2.45, 2.75) is 83.8 Å². The zero-order valence-corrected chi connectivity index (χ0v) is 37.8. The molecule has 0 spiro atoms. The second-order valence-electron chi connectivity index (χ2n) is 17.8. The molecule has 3 aliphatic rings. The highest BCUT2D eigenvalue weighted by atomic mass is 19.1. The van der Waals surface area contributed by atoms with Crippen molar-refractivity contribution in [1.82, 2.24) is 44.9 Å². The van der Waals surface area contributed by atoms with Gasteiger partial charge in [-0.05, 0) is 61.8 Å². The van der Waals surface area contributed by atoms with E-state index >= 15 is 4.39 Å². The van der Waals surface area contributed by atoms with Crippen molar-refractivity contribution in [3.05, 3.63) is 102 Å². The Balaban J connectivity index is 1.02. The van der Waals surface area contributed by atoms with Crippen LogP contribution in [0.4, 0.5) is 14.0 Å². The standard InChI is InChI=1S/C49H54FN9O7/c1-26(2)40(55-48(62)64-5)45(60)57-20-10-14-36(57)43-51-24-33(53-43)29-17-19-35-32(22-29)39(50)42-31-18-16-30(23-38(31)66-47(59(35)42)28-12-8-7-9-13-28)34-25-52-44(54-34)37-15-11-21-58(37)46(61)41(27(3)4)56-49(63)65-6/h7-9,12-13,16-19,22-27,36-37,40-41,47H,10-11,14-15,20-21H2,1-6H3,(H,51,53)(H,52,54)(H,55,62)(H,56,63)/t36-,37-,40-,41-,47?/m0/s1. The van der Waals surface area contributed by atoms with Crippen molar-refractivity contribution in [3.63, 3.8) is 0 Å². The maximum Gasteiger partial charge on any atom is 0.407 e. The zero-order valence-electron chi connectivity index (χ0n) is 37.8. The van der Waals surface area contributed by atoms with Gasteiger partial charge in [0.25, 0.3) is 0 Å². The minimum absolute atomic E-state index is 0.160. The summed E-state index contributed by atoms with van der Waals surface area (Å²) in [5, 5.41) is 5.79. The SMILES string of the molecule is COC(=O)N[C@H](C(=O)N1CCC[C@H]1c1ncc(-c2ccc3c(c2)OC(c2ccccc2)n2c-3c(F)c3cc(-c4cnc([C@@H]5CCCN5C(=O)[C@@H](NC(=O)OC)C(C)C)[nH]4)ccc32)[nH]1)C(C)C. The lowest BCUT2D eigenvalue weighted by atomic mass is 10.0. The number of nitrogens with zero attached hydrogens (tertiary/aromatic N) is 5. The second kappa shape index (κ2) is 18.0. The molecule has 0 aliphatic carbocycles. The summed E-state index contributed by atoms with van der Waals surface area (Å²) in [6.45, 7) is 8.56. The van der Waals surface area contributed by atoms with Crippen LogP contribution in [0.15, 0.2) is 79.1 Å². The number of methoxy groups -OCH3 is 2. The van der Waals surface area contributed by atoms with Gasteiger partial charge in [0.2, 0.25) is 18.0 Å². The first-order valence-electron chi connectivity index (χ1n) is 22.5. The number of fused-ring (bicyclic) bond motifs is 5.